The van der Waals surface area contributed by atoms with Crippen molar-refractivity contribution in [3.63, 3.8) is 0 Å². The van der Waals surface area contributed by atoms with Crippen molar-refractivity contribution in [3.8, 4) is 0 Å². The summed E-state index contributed by atoms with van der Waals surface area (Å²) in [5.41, 5.74) is 2.80. The second kappa shape index (κ2) is 7.86. The van der Waals surface area contributed by atoms with E-state index >= 15 is 0 Å². The lowest BCUT2D eigenvalue weighted by Crippen LogP contribution is -2.07. The van der Waals surface area contributed by atoms with Crippen LogP contribution in [0.3, 0.4) is 0 Å². The van der Waals surface area contributed by atoms with Crippen molar-refractivity contribution in [1.29, 1.82) is 0 Å². The molecule has 1 rings (SSSR count). The first-order valence-corrected chi connectivity index (χ1v) is 6.99. The molecule has 0 aromatic heterocycles. The van der Waals surface area contributed by atoms with E-state index in [4.69, 9.17) is 4.74 Å². The Bertz CT molecular complexity index is 299. The molecule has 0 spiro atoms. The van der Waals surface area contributed by atoms with Gasteiger partial charge in [-0.05, 0) is 37.7 Å². The molecule has 0 amide bonds. The summed E-state index contributed by atoms with van der Waals surface area (Å²) in [5, 5.41) is 1.07. The predicted octanol–water partition coefficient (Wildman–Crippen LogP) is 3.98. The van der Waals surface area contributed by atoms with Crippen molar-refractivity contribution >= 4 is 15.9 Å². The number of ether oxygens (including phenoxy) is 1. The molecule has 0 N–H and O–H groups in total. The number of methoxy groups -OCH3 is 1. The summed E-state index contributed by atoms with van der Waals surface area (Å²) in [5.74, 6) is 0.719. The Morgan fingerprint density at radius 2 is 2.19 bits per heavy atom. The summed E-state index contributed by atoms with van der Waals surface area (Å²) in [6, 6.07) is 8.80. The van der Waals surface area contributed by atoms with Crippen LogP contribution in [0.4, 0.5) is 0 Å². The smallest absolute Gasteiger partial charge is 0.0462 e. The van der Waals surface area contributed by atoms with E-state index in [2.05, 4.69) is 47.1 Å². The van der Waals surface area contributed by atoms with Crippen LogP contribution in [-0.4, -0.2) is 19.0 Å². The van der Waals surface area contributed by atoms with Crippen molar-refractivity contribution in [2.24, 2.45) is 5.92 Å². The van der Waals surface area contributed by atoms with E-state index < -0.39 is 0 Å². The molecule has 0 saturated heterocycles. The summed E-state index contributed by atoms with van der Waals surface area (Å²) in [4.78, 5) is 0. The molecule has 1 aromatic carbocycles. The largest absolute Gasteiger partial charge is 0.385 e. The number of alkyl halides is 1. The van der Waals surface area contributed by atoms with E-state index in [1.165, 1.54) is 17.5 Å². The fraction of sp³-hybridized carbons (Fsp3) is 0.571. The van der Waals surface area contributed by atoms with E-state index in [1.807, 2.05) is 0 Å². The second-order valence-electron chi connectivity index (χ2n) is 4.35. The maximum Gasteiger partial charge on any atom is 0.0462 e. The van der Waals surface area contributed by atoms with Gasteiger partial charge in [0.15, 0.2) is 0 Å². The Kier molecular flexibility index (Phi) is 6.74. The maximum absolute atomic E-state index is 5.09. The third-order valence-electron chi connectivity index (χ3n) is 2.79. The van der Waals surface area contributed by atoms with Gasteiger partial charge < -0.3 is 4.74 Å². The van der Waals surface area contributed by atoms with Crippen molar-refractivity contribution in [2.75, 3.05) is 19.0 Å². The van der Waals surface area contributed by atoms with E-state index in [0.29, 0.717) is 0 Å². The summed E-state index contributed by atoms with van der Waals surface area (Å²) < 4.78 is 5.09. The average molecular weight is 285 g/mol. The molecule has 90 valence electrons. The van der Waals surface area contributed by atoms with Gasteiger partial charge in [0.05, 0.1) is 0 Å². The molecule has 0 aliphatic heterocycles. The summed E-state index contributed by atoms with van der Waals surface area (Å²) >= 11 is 3.60. The van der Waals surface area contributed by atoms with Crippen molar-refractivity contribution in [3.05, 3.63) is 35.4 Å². The van der Waals surface area contributed by atoms with Crippen molar-refractivity contribution < 1.29 is 4.74 Å². The number of rotatable bonds is 7. The van der Waals surface area contributed by atoms with Crippen molar-refractivity contribution in [2.45, 2.75) is 26.2 Å². The minimum Gasteiger partial charge on any atom is -0.385 e. The monoisotopic (exact) mass is 284 g/mol. The van der Waals surface area contributed by atoms with Gasteiger partial charge in [0.25, 0.3) is 0 Å². The zero-order valence-corrected chi connectivity index (χ0v) is 11.8. The van der Waals surface area contributed by atoms with Crippen LogP contribution in [0, 0.1) is 12.8 Å². The minimum atomic E-state index is 0.719. The molecular formula is C14H21BrO. The highest BCUT2D eigenvalue weighted by Crippen LogP contribution is 2.17. The van der Waals surface area contributed by atoms with E-state index in [1.54, 1.807) is 7.11 Å². The van der Waals surface area contributed by atoms with Gasteiger partial charge in [-0.3, -0.25) is 0 Å². The van der Waals surface area contributed by atoms with Gasteiger partial charge in [0, 0.05) is 19.0 Å². The molecule has 0 aliphatic rings. The highest BCUT2D eigenvalue weighted by Gasteiger charge is 2.08. The van der Waals surface area contributed by atoms with Gasteiger partial charge in [-0.15, -0.1) is 0 Å². The lowest BCUT2D eigenvalue weighted by Gasteiger charge is -2.14. The predicted molar refractivity (Wildman–Crippen MR) is 73.3 cm³/mol. The lowest BCUT2D eigenvalue weighted by atomic mass is 9.96. The Labute approximate surface area is 107 Å². The molecule has 0 bridgehead atoms. The van der Waals surface area contributed by atoms with Crippen LogP contribution >= 0.6 is 15.9 Å². The first-order chi connectivity index (χ1) is 7.76. The molecule has 0 aliphatic carbocycles. The topological polar surface area (TPSA) is 9.23 Å². The van der Waals surface area contributed by atoms with Crippen LogP contribution in [0.1, 0.15) is 24.0 Å². The van der Waals surface area contributed by atoms with Gasteiger partial charge >= 0.3 is 0 Å². The van der Waals surface area contributed by atoms with Gasteiger partial charge in [-0.25, -0.2) is 0 Å². The average Bonchev–Trinajstić information content (AvgIpc) is 2.28. The Morgan fingerprint density at radius 3 is 2.81 bits per heavy atom. The zero-order valence-electron chi connectivity index (χ0n) is 10.2. The first-order valence-electron chi connectivity index (χ1n) is 5.86. The molecule has 1 atom stereocenters. The summed E-state index contributed by atoms with van der Waals surface area (Å²) in [6.07, 6.45) is 3.54. The van der Waals surface area contributed by atoms with Crippen LogP contribution in [0.2, 0.25) is 0 Å². The molecule has 1 nitrogen and oxygen atoms in total. The first kappa shape index (κ1) is 13.7. The fourth-order valence-corrected chi connectivity index (χ4v) is 2.48. The lowest BCUT2D eigenvalue weighted by molar-refractivity contribution is 0.188. The number of benzene rings is 1. The van der Waals surface area contributed by atoms with Crippen LogP contribution in [0.15, 0.2) is 24.3 Å². The molecule has 1 unspecified atom stereocenters. The maximum atomic E-state index is 5.09. The van der Waals surface area contributed by atoms with Crippen LogP contribution in [0.5, 0.6) is 0 Å². The van der Waals surface area contributed by atoms with E-state index in [9.17, 15) is 0 Å². The number of halogens is 1. The van der Waals surface area contributed by atoms with Gasteiger partial charge in [-0.1, -0.05) is 45.8 Å². The Balaban J connectivity index is 2.43. The minimum absolute atomic E-state index is 0.719. The summed E-state index contributed by atoms with van der Waals surface area (Å²) in [6.45, 7) is 3.02. The third-order valence-corrected chi connectivity index (χ3v) is 3.70. The van der Waals surface area contributed by atoms with Gasteiger partial charge in [0.1, 0.15) is 0 Å². The van der Waals surface area contributed by atoms with Crippen LogP contribution < -0.4 is 0 Å². The summed E-state index contributed by atoms with van der Waals surface area (Å²) in [7, 11) is 1.77. The second-order valence-corrected chi connectivity index (χ2v) is 5.00. The van der Waals surface area contributed by atoms with Crippen molar-refractivity contribution in [1.82, 2.24) is 0 Å². The molecule has 16 heavy (non-hydrogen) atoms. The quantitative estimate of drug-likeness (QED) is 0.544. The van der Waals surface area contributed by atoms with Gasteiger partial charge in [0.2, 0.25) is 0 Å². The molecule has 0 radical (unpaired) electrons. The molecular weight excluding hydrogens is 264 g/mol. The van der Waals surface area contributed by atoms with Crippen LogP contribution in [-0.2, 0) is 11.2 Å². The SMILES string of the molecule is COCCCC(CBr)Cc1cccc(C)c1. The Hall–Kier alpha value is -0.340. The van der Waals surface area contributed by atoms with Gasteiger partial charge in [-0.2, -0.15) is 0 Å². The third kappa shape index (κ3) is 5.13. The number of hydrogen-bond donors (Lipinski definition) is 0. The molecule has 0 fully saturated rings. The molecule has 1 aromatic rings. The fourth-order valence-electron chi connectivity index (χ4n) is 1.92. The zero-order chi connectivity index (χ0) is 11.8. The van der Waals surface area contributed by atoms with E-state index in [-0.39, 0.29) is 0 Å². The normalized spacial score (nSPS) is 12.7. The standard InChI is InChI=1S/C14H21BrO/c1-12-5-3-6-13(9-12)10-14(11-15)7-4-8-16-2/h3,5-6,9,14H,4,7-8,10-11H2,1-2H3. The van der Waals surface area contributed by atoms with E-state index in [0.717, 1.165) is 30.7 Å². The highest BCUT2D eigenvalue weighted by molar-refractivity contribution is 9.09. The van der Waals surface area contributed by atoms with Crippen LogP contribution in [0.25, 0.3) is 0 Å². The Morgan fingerprint density at radius 1 is 1.38 bits per heavy atom. The molecule has 0 heterocycles. The number of aryl methyl sites for hydroxylation is 1. The highest BCUT2D eigenvalue weighted by atomic mass is 79.9. The number of hydrogen-bond acceptors (Lipinski definition) is 1. The molecule has 0 saturated carbocycles. The molecule has 2 heteroatoms.